The van der Waals surface area contributed by atoms with Crippen LogP contribution in [0.15, 0.2) is 30.3 Å². The van der Waals surface area contributed by atoms with Gasteiger partial charge in [0.2, 0.25) is 0 Å². The molecule has 164 valence electrons. The van der Waals surface area contributed by atoms with E-state index < -0.39 is 29.1 Å². The normalized spacial score (nSPS) is 24.5. The quantitative estimate of drug-likeness (QED) is 0.603. The highest BCUT2D eigenvalue weighted by Crippen LogP contribution is 2.42. The first-order valence-electron chi connectivity index (χ1n) is 9.85. The third kappa shape index (κ3) is 5.26. The highest BCUT2D eigenvalue weighted by Gasteiger charge is 2.33. The monoisotopic (exact) mass is 458 g/mol. The Labute approximate surface area is 183 Å². The van der Waals surface area contributed by atoms with Crippen molar-refractivity contribution in [3.05, 3.63) is 63.7 Å². The Hall–Kier alpha value is -1.38. The van der Waals surface area contributed by atoms with Crippen LogP contribution in [-0.2, 0) is 6.42 Å². The van der Waals surface area contributed by atoms with Gasteiger partial charge in [-0.1, -0.05) is 23.7 Å². The number of aliphatic hydroxyl groups is 3. The standard InChI is InChI=1S/C22H25ClF2O4S/c1-2-29-19-10-16(24)14(9-17(19)25)8-13-7-12(3-4-15(13)23)20-6-5-18(27)22(28)21(11-26)30-20/h3-4,7,9-10,18,20-22,26-28H,2,5-6,8,11H2,1H3/t18-,20-,21-,22+/m1/s1. The summed E-state index contributed by atoms with van der Waals surface area (Å²) in [5, 5.41) is 29.6. The molecule has 0 spiro atoms. The fraction of sp³-hybridized carbons (Fsp3) is 0.455. The van der Waals surface area contributed by atoms with E-state index in [4.69, 9.17) is 16.3 Å². The molecule has 1 fully saturated rings. The summed E-state index contributed by atoms with van der Waals surface area (Å²) >= 11 is 7.72. The molecule has 2 aromatic carbocycles. The van der Waals surface area contributed by atoms with Crippen molar-refractivity contribution >= 4 is 23.4 Å². The van der Waals surface area contributed by atoms with E-state index in [1.165, 1.54) is 11.8 Å². The molecule has 0 bridgehead atoms. The number of aliphatic hydroxyl groups excluding tert-OH is 3. The van der Waals surface area contributed by atoms with Crippen molar-refractivity contribution in [2.75, 3.05) is 13.2 Å². The minimum absolute atomic E-state index is 0.0770. The number of hydrogen-bond donors (Lipinski definition) is 3. The van der Waals surface area contributed by atoms with Crippen LogP contribution in [0.5, 0.6) is 5.75 Å². The van der Waals surface area contributed by atoms with Gasteiger partial charge in [0.05, 0.1) is 30.7 Å². The van der Waals surface area contributed by atoms with Crippen LogP contribution in [0.1, 0.15) is 41.7 Å². The number of rotatable bonds is 6. The molecular weight excluding hydrogens is 434 g/mol. The molecule has 0 saturated carbocycles. The van der Waals surface area contributed by atoms with Crippen LogP contribution in [0.3, 0.4) is 0 Å². The predicted octanol–water partition coefficient (Wildman–Crippen LogP) is 4.26. The number of thioether (sulfide) groups is 1. The first-order chi connectivity index (χ1) is 14.3. The number of benzene rings is 2. The van der Waals surface area contributed by atoms with E-state index in [0.717, 1.165) is 17.7 Å². The van der Waals surface area contributed by atoms with Gasteiger partial charge in [0.15, 0.2) is 11.6 Å². The molecule has 2 aromatic rings. The minimum Gasteiger partial charge on any atom is -0.491 e. The molecule has 0 amide bonds. The third-order valence-electron chi connectivity index (χ3n) is 5.24. The van der Waals surface area contributed by atoms with Crippen molar-refractivity contribution in [1.82, 2.24) is 0 Å². The van der Waals surface area contributed by atoms with Gasteiger partial charge in [-0.15, -0.1) is 11.8 Å². The molecule has 0 aliphatic carbocycles. The second kappa shape index (κ2) is 10.3. The molecule has 0 aromatic heterocycles. The molecule has 1 aliphatic heterocycles. The van der Waals surface area contributed by atoms with Gasteiger partial charge in [-0.05, 0) is 48.6 Å². The molecule has 3 N–H and O–H groups in total. The maximum absolute atomic E-state index is 14.5. The fourth-order valence-corrected chi connectivity index (χ4v) is 5.21. The Morgan fingerprint density at radius 1 is 1.10 bits per heavy atom. The van der Waals surface area contributed by atoms with E-state index in [0.29, 0.717) is 23.4 Å². The summed E-state index contributed by atoms with van der Waals surface area (Å²) in [5.74, 6) is -1.33. The smallest absolute Gasteiger partial charge is 0.165 e. The molecule has 1 heterocycles. The Morgan fingerprint density at radius 2 is 1.87 bits per heavy atom. The number of ether oxygens (including phenoxy) is 1. The van der Waals surface area contributed by atoms with E-state index >= 15 is 0 Å². The van der Waals surface area contributed by atoms with Gasteiger partial charge >= 0.3 is 0 Å². The van der Waals surface area contributed by atoms with Crippen molar-refractivity contribution in [3.8, 4) is 5.75 Å². The highest BCUT2D eigenvalue weighted by atomic mass is 35.5. The molecule has 3 rings (SSSR count). The van der Waals surface area contributed by atoms with E-state index in [9.17, 15) is 24.1 Å². The fourth-order valence-electron chi connectivity index (χ4n) is 3.60. The Bertz CT molecular complexity index is 882. The molecular formula is C22H25ClF2O4S. The SMILES string of the molecule is CCOc1cc(F)c(Cc2cc([C@H]3CC[C@@H](O)[C@H](O)[C@@H](CO)S3)ccc2Cl)cc1F. The van der Waals surface area contributed by atoms with Gasteiger partial charge in [-0.3, -0.25) is 0 Å². The maximum Gasteiger partial charge on any atom is 0.165 e. The maximum atomic E-state index is 14.5. The molecule has 4 nitrogen and oxygen atoms in total. The summed E-state index contributed by atoms with van der Waals surface area (Å²) in [7, 11) is 0. The Kier molecular flexibility index (Phi) is 7.98. The van der Waals surface area contributed by atoms with Crippen molar-refractivity contribution in [2.45, 2.75) is 48.9 Å². The summed E-state index contributed by atoms with van der Waals surface area (Å²) in [6, 6.07) is 7.56. The molecule has 4 atom stereocenters. The van der Waals surface area contributed by atoms with Crippen LogP contribution in [0, 0.1) is 11.6 Å². The summed E-state index contributed by atoms with van der Waals surface area (Å²) in [5.41, 5.74) is 1.71. The third-order valence-corrected chi connectivity index (χ3v) is 7.22. The summed E-state index contributed by atoms with van der Waals surface area (Å²) in [4.78, 5) is 0. The largest absolute Gasteiger partial charge is 0.491 e. The molecule has 0 radical (unpaired) electrons. The lowest BCUT2D eigenvalue weighted by Gasteiger charge is -2.23. The predicted molar refractivity (Wildman–Crippen MR) is 114 cm³/mol. The van der Waals surface area contributed by atoms with Crippen molar-refractivity contribution in [1.29, 1.82) is 0 Å². The van der Waals surface area contributed by atoms with E-state index in [2.05, 4.69) is 0 Å². The zero-order valence-corrected chi connectivity index (χ0v) is 18.1. The van der Waals surface area contributed by atoms with Gasteiger partial charge in [0, 0.05) is 22.8 Å². The first-order valence-corrected chi connectivity index (χ1v) is 11.2. The zero-order chi connectivity index (χ0) is 21.8. The van der Waals surface area contributed by atoms with Crippen molar-refractivity contribution in [2.24, 2.45) is 0 Å². The van der Waals surface area contributed by atoms with Crippen LogP contribution < -0.4 is 4.74 Å². The summed E-state index contributed by atoms with van der Waals surface area (Å²) in [6.45, 7) is 1.68. The molecule has 30 heavy (non-hydrogen) atoms. The lowest BCUT2D eigenvalue weighted by Crippen LogP contribution is -2.36. The van der Waals surface area contributed by atoms with Crippen LogP contribution in [0.25, 0.3) is 0 Å². The van der Waals surface area contributed by atoms with Crippen LogP contribution in [0.2, 0.25) is 5.02 Å². The average Bonchev–Trinajstić information content (AvgIpc) is 2.86. The lowest BCUT2D eigenvalue weighted by atomic mass is 9.98. The van der Waals surface area contributed by atoms with Gasteiger partial charge in [-0.25, -0.2) is 8.78 Å². The van der Waals surface area contributed by atoms with Gasteiger partial charge < -0.3 is 20.1 Å². The topological polar surface area (TPSA) is 69.9 Å². The lowest BCUT2D eigenvalue weighted by molar-refractivity contribution is 0.00700. The minimum atomic E-state index is -1.00. The van der Waals surface area contributed by atoms with Gasteiger partial charge in [-0.2, -0.15) is 0 Å². The van der Waals surface area contributed by atoms with E-state index in [-0.39, 0.29) is 36.2 Å². The number of hydrogen-bond acceptors (Lipinski definition) is 5. The highest BCUT2D eigenvalue weighted by molar-refractivity contribution is 8.00. The molecule has 0 unspecified atom stereocenters. The molecule has 1 saturated heterocycles. The van der Waals surface area contributed by atoms with Crippen molar-refractivity contribution < 1.29 is 28.8 Å². The van der Waals surface area contributed by atoms with E-state index in [1.54, 1.807) is 13.0 Å². The Balaban J connectivity index is 1.86. The van der Waals surface area contributed by atoms with E-state index in [1.807, 2.05) is 12.1 Å². The number of halogens is 3. The van der Waals surface area contributed by atoms with Crippen LogP contribution in [0.4, 0.5) is 8.78 Å². The van der Waals surface area contributed by atoms with Crippen LogP contribution in [-0.4, -0.2) is 46.0 Å². The average molecular weight is 459 g/mol. The summed E-state index contributed by atoms with van der Waals surface area (Å²) in [6.07, 6.45) is -0.795. The Morgan fingerprint density at radius 3 is 2.57 bits per heavy atom. The van der Waals surface area contributed by atoms with Crippen LogP contribution >= 0.6 is 23.4 Å². The second-order valence-corrected chi connectivity index (χ2v) is 9.17. The first kappa shape index (κ1) is 23.3. The second-order valence-electron chi connectivity index (χ2n) is 7.32. The molecule has 8 heteroatoms. The van der Waals surface area contributed by atoms with Gasteiger partial charge in [0.1, 0.15) is 5.82 Å². The van der Waals surface area contributed by atoms with Crippen molar-refractivity contribution in [3.63, 3.8) is 0 Å². The summed E-state index contributed by atoms with van der Waals surface area (Å²) < 4.78 is 33.8. The van der Waals surface area contributed by atoms with Gasteiger partial charge in [0.25, 0.3) is 0 Å². The molecule has 1 aliphatic rings. The zero-order valence-electron chi connectivity index (χ0n) is 16.5.